The smallest absolute Gasteiger partial charge is 0.261 e. The summed E-state index contributed by atoms with van der Waals surface area (Å²) in [7, 11) is -0.321. The number of ether oxygens (including phenoxy) is 1. The minimum absolute atomic E-state index is 0.0671. The average Bonchev–Trinajstić information content (AvgIpc) is 2.68. The van der Waals surface area contributed by atoms with Gasteiger partial charge in [-0.25, -0.2) is 0 Å². The largest absolute Gasteiger partial charge is 0.496 e. The quantitative estimate of drug-likeness (QED) is 0.193. The summed E-state index contributed by atoms with van der Waals surface area (Å²) >= 11 is 0. The van der Waals surface area contributed by atoms with Gasteiger partial charge < -0.3 is 9.16 Å². The van der Waals surface area contributed by atoms with Crippen molar-refractivity contribution in [3.8, 4) is 5.75 Å². The zero-order chi connectivity index (χ0) is 24.4. The summed E-state index contributed by atoms with van der Waals surface area (Å²) in [6.45, 7) is 11.4. The van der Waals surface area contributed by atoms with Crippen LogP contribution >= 0.6 is 0 Å². The molecule has 0 aliphatic carbocycles. The number of imide groups is 1. The summed E-state index contributed by atoms with van der Waals surface area (Å²) in [4.78, 5) is 35.3. The van der Waals surface area contributed by atoms with Crippen LogP contribution in [0, 0.1) is 16.0 Å². The Morgan fingerprint density at radius 2 is 1.81 bits per heavy atom. The first-order chi connectivity index (χ1) is 14.9. The van der Waals surface area contributed by atoms with Crippen molar-refractivity contribution in [1.82, 2.24) is 5.32 Å². The fourth-order valence-corrected chi connectivity index (χ4v) is 4.15. The van der Waals surface area contributed by atoms with E-state index in [2.05, 4.69) is 39.2 Å². The molecule has 9 heteroatoms. The van der Waals surface area contributed by atoms with Crippen LogP contribution in [-0.4, -0.2) is 45.3 Å². The minimum Gasteiger partial charge on any atom is -0.496 e. The Morgan fingerprint density at radius 1 is 1.16 bits per heavy atom. The number of amides is 2. The Balaban J connectivity index is 2.49. The monoisotopic (exact) mass is 466 g/mol. The predicted octanol–water partition coefficient (Wildman–Crippen LogP) is 4.82. The number of methoxy groups -OCH3 is 1. The van der Waals surface area contributed by atoms with Crippen molar-refractivity contribution >= 4 is 20.1 Å². The van der Waals surface area contributed by atoms with E-state index in [1.54, 1.807) is 24.3 Å². The van der Waals surface area contributed by atoms with Gasteiger partial charge in [0.25, 0.3) is 5.91 Å². The first kappa shape index (κ1) is 27.8. The van der Waals surface area contributed by atoms with Crippen LogP contribution in [0.3, 0.4) is 0 Å². The minimum atomic E-state index is -1.76. The molecule has 180 valence electrons. The number of nitro groups is 1. The van der Waals surface area contributed by atoms with Crippen molar-refractivity contribution in [3.05, 3.63) is 39.9 Å². The number of carbonyl (C=O) groups is 2. The zero-order valence-corrected chi connectivity index (χ0v) is 21.2. The van der Waals surface area contributed by atoms with E-state index in [4.69, 9.17) is 9.16 Å². The molecule has 0 heterocycles. The fraction of sp³-hybridized carbons (Fsp3) is 0.652. The van der Waals surface area contributed by atoms with Crippen LogP contribution in [0.2, 0.25) is 18.1 Å². The molecule has 32 heavy (non-hydrogen) atoms. The second-order valence-electron chi connectivity index (χ2n) is 9.62. The lowest BCUT2D eigenvalue weighted by atomic mass is 9.97. The molecule has 1 aromatic rings. The molecule has 1 aromatic carbocycles. The van der Waals surface area contributed by atoms with E-state index in [-0.39, 0.29) is 23.6 Å². The van der Waals surface area contributed by atoms with Gasteiger partial charge in [0.1, 0.15) is 5.75 Å². The first-order valence-corrected chi connectivity index (χ1v) is 14.0. The molecular weight excluding hydrogens is 428 g/mol. The van der Waals surface area contributed by atoms with Gasteiger partial charge in [-0.3, -0.25) is 25.0 Å². The van der Waals surface area contributed by atoms with Gasteiger partial charge in [-0.05, 0) is 43.1 Å². The molecule has 0 unspecified atom stereocenters. The van der Waals surface area contributed by atoms with E-state index in [1.165, 1.54) is 7.11 Å². The third-order valence-corrected chi connectivity index (χ3v) is 10.5. The molecule has 0 radical (unpaired) electrons. The van der Waals surface area contributed by atoms with E-state index in [0.29, 0.717) is 18.8 Å². The number of hydrogen-bond donors (Lipinski definition) is 1. The number of rotatable bonds is 13. The lowest BCUT2D eigenvalue weighted by Crippen LogP contribution is -2.40. The van der Waals surface area contributed by atoms with E-state index >= 15 is 0 Å². The summed E-state index contributed by atoms with van der Waals surface area (Å²) in [6, 6.07) is 6.58. The highest BCUT2D eigenvalue weighted by Crippen LogP contribution is 2.36. The fourth-order valence-electron chi connectivity index (χ4n) is 3.06. The highest BCUT2D eigenvalue weighted by atomic mass is 28.4. The average molecular weight is 467 g/mol. The Morgan fingerprint density at radius 3 is 2.41 bits per heavy atom. The molecule has 1 atom stereocenters. The van der Waals surface area contributed by atoms with E-state index in [1.807, 2.05) is 0 Å². The Bertz CT molecular complexity index is 776. The maximum absolute atomic E-state index is 12.4. The number of benzene rings is 1. The molecule has 2 amide bonds. The number of para-hydroxylation sites is 1. The van der Waals surface area contributed by atoms with Crippen molar-refractivity contribution < 1.29 is 23.7 Å². The van der Waals surface area contributed by atoms with Gasteiger partial charge in [-0.1, -0.05) is 45.7 Å². The second-order valence-corrected chi connectivity index (χ2v) is 14.4. The molecular formula is C23H38N2O6Si. The van der Waals surface area contributed by atoms with Crippen LogP contribution in [0.25, 0.3) is 0 Å². The summed E-state index contributed by atoms with van der Waals surface area (Å²) in [5.74, 6) is -1.15. The van der Waals surface area contributed by atoms with Crippen molar-refractivity contribution in [3.63, 3.8) is 0 Å². The molecule has 0 bridgehead atoms. The van der Waals surface area contributed by atoms with E-state index in [9.17, 15) is 19.7 Å². The van der Waals surface area contributed by atoms with Crippen LogP contribution in [-0.2, 0) is 9.22 Å². The first-order valence-electron chi connectivity index (χ1n) is 11.1. The van der Waals surface area contributed by atoms with E-state index in [0.717, 1.165) is 19.3 Å². The summed E-state index contributed by atoms with van der Waals surface area (Å²) in [5.41, 5.74) is 0.246. The number of hydrogen-bond acceptors (Lipinski definition) is 6. The van der Waals surface area contributed by atoms with Crippen LogP contribution in [0.5, 0.6) is 5.75 Å². The third kappa shape index (κ3) is 9.48. The molecule has 0 saturated heterocycles. The van der Waals surface area contributed by atoms with Crippen LogP contribution in [0.15, 0.2) is 24.3 Å². The Hall–Kier alpha value is -2.26. The number of nitrogens with zero attached hydrogens (tertiary/aromatic N) is 1. The van der Waals surface area contributed by atoms with E-state index < -0.39 is 31.0 Å². The molecule has 0 saturated carbocycles. The lowest BCUT2D eigenvalue weighted by molar-refractivity contribution is -0.488. The molecule has 1 N–H and O–H groups in total. The molecule has 1 rings (SSSR count). The summed E-state index contributed by atoms with van der Waals surface area (Å²) in [6.07, 6.45) is 3.02. The number of unbranched alkanes of at least 4 members (excludes halogenated alkanes) is 2. The van der Waals surface area contributed by atoms with Crippen LogP contribution in [0.1, 0.15) is 63.2 Å². The Labute approximate surface area is 192 Å². The summed E-state index contributed by atoms with van der Waals surface area (Å²) in [5, 5.41) is 13.5. The molecule has 8 nitrogen and oxygen atoms in total. The maximum Gasteiger partial charge on any atom is 0.261 e. The van der Waals surface area contributed by atoms with Crippen molar-refractivity contribution in [2.24, 2.45) is 5.92 Å². The van der Waals surface area contributed by atoms with Crippen molar-refractivity contribution in [2.75, 3.05) is 20.3 Å². The lowest BCUT2D eigenvalue weighted by Gasteiger charge is -2.36. The Kier molecular flexibility index (Phi) is 11.0. The van der Waals surface area contributed by atoms with Gasteiger partial charge in [0.15, 0.2) is 8.32 Å². The van der Waals surface area contributed by atoms with Gasteiger partial charge in [-0.2, -0.15) is 0 Å². The predicted molar refractivity (Wildman–Crippen MR) is 127 cm³/mol. The van der Waals surface area contributed by atoms with Crippen LogP contribution < -0.4 is 10.1 Å². The third-order valence-electron chi connectivity index (χ3n) is 6.01. The molecule has 0 aliphatic rings. The summed E-state index contributed by atoms with van der Waals surface area (Å²) < 4.78 is 11.3. The molecule has 0 aliphatic heterocycles. The number of nitrogens with one attached hydrogen (secondary N) is 1. The molecule has 0 aromatic heterocycles. The molecule has 0 fully saturated rings. The second kappa shape index (κ2) is 12.7. The number of carbonyl (C=O) groups excluding carboxylic acids is 2. The zero-order valence-electron chi connectivity index (χ0n) is 20.2. The SMILES string of the molecule is COc1ccccc1C(=O)NC(=O)C[C@@H](CCCCCO[Si](C)(C)C(C)(C)C)C[N+](=O)[O-]. The normalized spacial score (nSPS) is 12.8. The van der Waals surface area contributed by atoms with Gasteiger partial charge in [0, 0.05) is 23.9 Å². The van der Waals surface area contributed by atoms with Crippen molar-refractivity contribution in [1.29, 1.82) is 0 Å². The topological polar surface area (TPSA) is 108 Å². The van der Waals surface area contributed by atoms with Gasteiger partial charge in [0.05, 0.1) is 12.7 Å². The standard InChI is InChI=1S/C23H38N2O6Si/c1-23(2,3)32(5,6)31-15-11-7-8-12-18(17-25(28)29)16-21(26)24-22(27)19-13-9-10-14-20(19)30-4/h9-10,13-14,18H,7-8,11-12,15-17H2,1-6H3,(H,24,26,27)/t18-/m1/s1. The molecule has 0 spiro atoms. The van der Waals surface area contributed by atoms with Gasteiger partial charge in [0.2, 0.25) is 12.5 Å². The van der Waals surface area contributed by atoms with Gasteiger partial charge >= 0.3 is 0 Å². The van der Waals surface area contributed by atoms with Gasteiger partial charge in [-0.15, -0.1) is 0 Å². The highest BCUT2D eigenvalue weighted by molar-refractivity contribution is 6.74. The highest BCUT2D eigenvalue weighted by Gasteiger charge is 2.36. The maximum atomic E-state index is 12.4. The van der Waals surface area contributed by atoms with Crippen molar-refractivity contribution in [2.45, 2.75) is 71.0 Å². The van der Waals surface area contributed by atoms with Crippen LogP contribution in [0.4, 0.5) is 0 Å².